The molecule has 18 heavy (non-hydrogen) atoms. The van der Waals surface area contributed by atoms with Crippen molar-refractivity contribution in [2.24, 2.45) is 5.14 Å². The molecule has 1 rings (SSSR count). The first-order valence-corrected chi connectivity index (χ1v) is 7.65. The van der Waals surface area contributed by atoms with Gasteiger partial charge in [0.1, 0.15) is 0 Å². The second-order valence-corrected chi connectivity index (χ2v) is 6.62. The Labute approximate surface area is 103 Å². The van der Waals surface area contributed by atoms with Gasteiger partial charge >= 0.3 is 5.97 Å². The summed E-state index contributed by atoms with van der Waals surface area (Å²) in [6.45, 7) is -0.440. The first-order valence-electron chi connectivity index (χ1n) is 4.45. The van der Waals surface area contributed by atoms with E-state index in [1.54, 1.807) is 0 Å². The average molecular weight is 298 g/mol. The number of carbonyl (C=O) groups is 1. The molecular formula is C7H10N2O7S2. The van der Waals surface area contributed by atoms with E-state index in [1.165, 1.54) is 0 Å². The van der Waals surface area contributed by atoms with Crippen LogP contribution in [0.25, 0.3) is 0 Å². The molecule has 0 aliphatic carbocycles. The number of nitrogens with two attached hydrogens (primary N) is 1. The van der Waals surface area contributed by atoms with Gasteiger partial charge in [-0.2, -0.15) is 0 Å². The molecule has 0 fully saturated rings. The first-order chi connectivity index (χ1) is 8.12. The van der Waals surface area contributed by atoms with Gasteiger partial charge in [0.15, 0.2) is 0 Å². The fraction of sp³-hybridized carbons (Fsp3) is 0.286. The zero-order valence-corrected chi connectivity index (χ0v) is 10.5. The Morgan fingerprint density at radius 2 is 1.94 bits per heavy atom. The standard InChI is InChI=1S/C7H10N2O7S2/c8-17(12,13)4-3-9-18(14,15)6-2-1-5(16-6)7(10)11/h1-2,9H,3-4H2,(H,10,11)(H2,8,12,13). The van der Waals surface area contributed by atoms with E-state index < -0.39 is 49.2 Å². The number of sulfonamides is 2. The van der Waals surface area contributed by atoms with Crippen LogP contribution in [0.1, 0.15) is 10.6 Å². The van der Waals surface area contributed by atoms with Crippen LogP contribution in [0, 0.1) is 0 Å². The summed E-state index contributed by atoms with van der Waals surface area (Å²) in [7, 11) is -7.88. The van der Waals surface area contributed by atoms with Gasteiger partial charge in [0.25, 0.3) is 10.0 Å². The highest BCUT2D eigenvalue weighted by molar-refractivity contribution is 7.90. The van der Waals surface area contributed by atoms with Crippen molar-refractivity contribution < 1.29 is 31.2 Å². The van der Waals surface area contributed by atoms with E-state index in [1.807, 2.05) is 4.72 Å². The lowest BCUT2D eigenvalue weighted by molar-refractivity contribution is 0.0656. The molecular weight excluding hydrogens is 288 g/mol. The van der Waals surface area contributed by atoms with Gasteiger partial charge < -0.3 is 9.52 Å². The van der Waals surface area contributed by atoms with Crippen LogP contribution >= 0.6 is 0 Å². The van der Waals surface area contributed by atoms with Gasteiger partial charge in [-0.05, 0) is 12.1 Å². The summed E-state index contributed by atoms with van der Waals surface area (Å²) in [4.78, 5) is 10.5. The van der Waals surface area contributed by atoms with Crippen molar-refractivity contribution in [3.05, 3.63) is 17.9 Å². The van der Waals surface area contributed by atoms with Crippen molar-refractivity contribution in [2.45, 2.75) is 5.09 Å². The maximum atomic E-state index is 11.5. The van der Waals surface area contributed by atoms with Crippen molar-refractivity contribution in [1.82, 2.24) is 4.72 Å². The third-order valence-corrected chi connectivity index (χ3v) is 3.84. The predicted molar refractivity (Wildman–Crippen MR) is 58.8 cm³/mol. The summed E-state index contributed by atoms with van der Waals surface area (Å²) in [5, 5.41) is 12.6. The minimum Gasteiger partial charge on any atom is -0.475 e. The Balaban J connectivity index is 2.77. The molecule has 0 spiro atoms. The lowest BCUT2D eigenvalue weighted by Crippen LogP contribution is -2.31. The van der Waals surface area contributed by atoms with Gasteiger partial charge in [0, 0.05) is 6.54 Å². The Hall–Kier alpha value is -1.43. The smallest absolute Gasteiger partial charge is 0.371 e. The number of hydrogen-bond donors (Lipinski definition) is 3. The zero-order chi connectivity index (χ0) is 14.0. The van der Waals surface area contributed by atoms with Crippen LogP contribution in [-0.4, -0.2) is 40.2 Å². The molecule has 0 saturated carbocycles. The highest BCUT2D eigenvalue weighted by atomic mass is 32.2. The molecule has 0 amide bonds. The summed E-state index contributed by atoms with van der Waals surface area (Å²) in [5.74, 6) is -2.54. The topological polar surface area (TPSA) is 157 Å². The van der Waals surface area contributed by atoms with Gasteiger partial charge in [-0.25, -0.2) is 31.5 Å². The van der Waals surface area contributed by atoms with Crippen molar-refractivity contribution in [3.8, 4) is 0 Å². The molecule has 4 N–H and O–H groups in total. The SMILES string of the molecule is NS(=O)(=O)CCNS(=O)(=O)c1ccc(C(=O)O)o1. The molecule has 0 aromatic carbocycles. The molecule has 9 nitrogen and oxygen atoms in total. The Bertz CT molecular complexity index is 643. The Morgan fingerprint density at radius 3 is 2.39 bits per heavy atom. The van der Waals surface area contributed by atoms with Crippen molar-refractivity contribution in [2.75, 3.05) is 12.3 Å². The van der Waals surface area contributed by atoms with E-state index >= 15 is 0 Å². The molecule has 1 aromatic heterocycles. The summed E-state index contributed by atoms with van der Waals surface area (Å²) in [6.07, 6.45) is 0. The molecule has 0 atom stereocenters. The van der Waals surface area contributed by atoms with E-state index in [2.05, 4.69) is 9.56 Å². The molecule has 1 aromatic rings. The fourth-order valence-corrected chi connectivity index (χ4v) is 2.44. The van der Waals surface area contributed by atoms with Crippen LogP contribution in [0.3, 0.4) is 0 Å². The second kappa shape index (κ2) is 5.06. The molecule has 0 radical (unpaired) electrons. The van der Waals surface area contributed by atoms with Crippen LogP contribution in [0.2, 0.25) is 0 Å². The van der Waals surface area contributed by atoms with Gasteiger partial charge in [-0.1, -0.05) is 0 Å². The lowest BCUT2D eigenvalue weighted by atomic mass is 10.5. The van der Waals surface area contributed by atoms with Crippen LogP contribution in [0.15, 0.2) is 21.6 Å². The minimum absolute atomic E-state index is 0.440. The van der Waals surface area contributed by atoms with E-state index in [0.29, 0.717) is 0 Å². The maximum Gasteiger partial charge on any atom is 0.371 e. The summed E-state index contributed by atoms with van der Waals surface area (Å²) in [5.41, 5.74) is 0. The van der Waals surface area contributed by atoms with E-state index in [0.717, 1.165) is 12.1 Å². The summed E-state index contributed by atoms with van der Waals surface area (Å²) in [6, 6.07) is 1.92. The third kappa shape index (κ3) is 4.10. The molecule has 0 saturated heterocycles. The van der Waals surface area contributed by atoms with Gasteiger partial charge in [-0.3, -0.25) is 0 Å². The zero-order valence-electron chi connectivity index (χ0n) is 8.86. The highest BCUT2D eigenvalue weighted by Crippen LogP contribution is 2.13. The normalized spacial score (nSPS) is 12.5. The molecule has 0 unspecified atom stereocenters. The molecule has 0 bridgehead atoms. The second-order valence-electron chi connectivity index (χ2n) is 3.19. The van der Waals surface area contributed by atoms with E-state index in [-0.39, 0.29) is 0 Å². The summed E-state index contributed by atoms with van der Waals surface area (Å²) >= 11 is 0. The molecule has 1 heterocycles. The first kappa shape index (κ1) is 14.6. The number of furan rings is 1. The van der Waals surface area contributed by atoms with Crippen LogP contribution in [0.4, 0.5) is 0 Å². The number of carboxylic acids is 1. The van der Waals surface area contributed by atoms with Crippen molar-refractivity contribution in [1.29, 1.82) is 0 Å². The number of nitrogens with one attached hydrogen (secondary N) is 1. The minimum atomic E-state index is -4.10. The van der Waals surface area contributed by atoms with Gasteiger partial charge in [0.05, 0.1) is 5.75 Å². The Kier molecular flexibility index (Phi) is 4.11. The third-order valence-electron chi connectivity index (χ3n) is 1.74. The Morgan fingerprint density at radius 1 is 1.33 bits per heavy atom. The van der Waals surface area contributed by atoms with E-state index in [4.69, 9.17) is 5.11 Å². The van der Waals surface area contributed by atoms with Gasteiger partial charge in [0.2, 0.25) is 20.9 Å². The number of rotatable bonds is 6. The molecule has 102 valence electrons. The fourth-order valence-electron chi connectivity index (χ4n) is 0.969. The molecule has 11 heteroatoms. The van der Waals surface area contributed by atoms with Crippen molar-refractivity contribution in [3.63, 3.8) is 0 Å². The number of hydrogen-bond acceptors (Lipinski definition) is 6. The van der Waals surface area contributed by atoms with E-state index in [9.17, 15) is 21.6 Å². The quantitative estimate of drug-likeness (QED) is 0.579. The molecule has 0 aliphatic heterocycles. The highest BCUT2D eigenvalue weighted by Gasteiger charge is 2.21. The number of primary sulfonamides is 1. The predicted octanol–water partition coefficient (Wildman–Crippen LogP) is -1.46. The van der Waals surface area contributed by atoms with Crippen LogP contribution in [0.5, 0.6) is 0 Å². The molecule has 0 aliphatic rings. The largest absolute Gasteiger partial charge is 0.475 e. The number of aromatic carboxylic acids is 1. The summed E-state index contributed by atoms with van der Waals surface area (Å²) < 4.78 is 50.7. The number of carboxylic acid groups (broad SMARTS) is 1. The van der Waals surface area contributed by atoms with Crippen LogP contribution in [-0.2, 0) is 20.0 Å². The lowest BCUT2D eigenvalue weighted by Gasteiger charge is -2.02. The van der Waals surface area contributed by atoms with Crippen molar-refractivity contribution >= 4 is 26.0 Å². The monoisotopic (exact) mass is 298 g/mol. The maximum absolute atomic E-state index is 11.5. The average Bonchev–Trinajstić information content (AvgIpc) is 2.63. The van der Waals surface area contributed by atoms with Gasteiger partial charge in [-0.15, -0.1) is 0 Å². The van der Waals surface area contributed by atoms with Crippen LogP contribution < -0.4 is 9.86 Å².